The van der Waals surface area contributed by atoms with Crippen LogP contribution < -0.4 is 5.56 Å². The lowest BCUT2D eigenvalue weighted by molar-refractivity contribution is -0.138. The number of aromatic nitrogens is 2. The minimum absolute atomic E-state index is 0.0549. The number of ether oxygens (including phenoxy) is 1. The predicted octanol–water partition coefficient (Wildman–Crippen LogP) is 4.90. The summed E-state index contributed by atoms with van der Waals surface area (Å²) in [5.74, 6) is -0.999. The van der Waals surface area contributed by atoms with Gasteiger partial charge in [-0.1, -0.05) is 18.2 Å². The highest BCUT2D eigenvalue weighted by Gasteiger charge is 2.33. The SMILES string of the molecule is CCOC(=O)c1cn(Cc2ccccc2C(F)(F)F)n(-c2ccc(C(F)(F)F)cc2)c1=O. The Labute approximate surface area is 177 Å². The first-order valence-corrected chi connectivity index (χ1v) is 9.25. The molecule has 1 heterocycles. The Hall–Kier alpha value is -3.50. The van der Waals surface area contributed by atoms with Crippen LogP contribution in [0.3, 0.4) is 0 Å². The van der Waals surface area contributed by atoms with Crippen molar-refractivity contribution in [1.29, 1.82) is 0 Å². The second-order valence-corrected chi connectivity index (χ2v) is 6.68. The molecule has 32 heavy (non-hydrogen) atoms. The fraction of sp³-hybridized carbons (Fsp3) is 0.238. The Bertz CT molecular complexity index is 1170. The maximum Gasteiger partial charge on any atom is 0.416 e. The lowest BCUT2D eigenvalue weighted by Gasteiger charge is -2.16. The van der Waals surface area contributed by atoms with E-state index in [0.29, 0.717) is 0 Å². The van der Waals surface area contributed by atoms with E-state index in [1.807, 2.05) is 0 Å². The van der Waals surface area contributed by atoms with Crippen LogP contribution >= 0.6 is 0 Å². The van der Waals surface area contributed by atoms with Crippen LogP contribution in [0.1, 0.15) is 34.0 Å². The number of rotatable bonds is 5. The van der Waals surface area contributed by atoms with Gasteiger partial charge in [0.25, 0.3) is 5.56 Å². The Morgan fingerprint density at radius 3 is 2.12 bits per heavy atom. The lowest BCUT2D eigenvalue weighted by atomic mass is 10.1. The maximum atomic E-state index is 13.4. The summed E-state index contributed by atoms with van der Waals surface area (Å²) < 4.78 is 85.5. The molecule has 0 fully saturated rings. The Balaban J connectivity index is 2.15. The highest BCUT2D eigenvalue weighted by atomic mass is 19.4. The molecule has 1 aromatic heterocycles. The Morgan fingerprint density at radius 2 is 1.56 bits per heavy atom. The monoisotopic (exact) mass is 458 g/mol. The molecule has 0 bridgehead atoms. The van der Waals surface area contributed by atoms with Crippen molar-refractivity contribution in [3.05, 3.63) is 87.3 Å². The standard InChI is InChI=1S/C21H16F6N2O3/c1-2-32-19(31)16-12-28(11-13-5-3-4-6-17(13)21(25,26)27)29(18(16)30)15-9-7-14(8-10-15)20(22,23)24/h3-10,12H,2,11H2,1H3. The summed E-state index contributed by atoms with van der Waals surface area (Å²) in [6, 6.07) is 8.09. The third-order valence-electron chi connectivity index (χ3n) is 4.55. The second kappa shape index (κ2) is 8.56. The van der Waals surface area contributed by atoms with Crippen molar-refractivity contribution in [2.45, 2.75) is 25.8 Å². The van der Waals surface area contributed by atoms with Crippen molar-refractivity contribution in [1.82, 2.24) is 9.36 Å². The van der Waals surface area contributed by atoms with E-state index >= 15 is 0 Å². The van der Waals surface area contributed by atoms with Gasteiger partial charge in [0.05, 0.1) is 30.0 Å². The van der Waals surface area contributed by atoms with Gasteiger partial charge in [-0.3, -0.25) is 9.48 Å². The van der Waals surface area contributed by atoms with Crippen LogP contribution in [0.2, 0.25) is 0 Å². The Kier molecular flexibility index (Phi) is 6.20. The summed E-state index contributed by atoms with van der Waals surface area (Å²) in [6.07, 6.45) is -8.27. The van der Waals surface area contributed by atoms with Crippen LogP contribution in [0, 0.1) is 0 Å². The quantitative estimate of drug-likeness (QED) is 0.404. The summed E-state index contributed by atoms with van der Waals surface area (Å²) in [7, 11) is 0. The lowest BCUT2D eigenvalue weighted by Crippen LogP contribution is -2.25. The number of carbonyl (C=O) groups is 1. The molecule has 2 aromatic carbocycles. The largest absolute Gasteiger partial charge is 0.462 e. The van der Waals surface area contributed by atoms with E-state index in [-0.39, 0.29) is 17.9 Å². The summed E-state index contributed by atoms with van der Waals surface area (Å²) >= 11 is 0. The molecule has 3 rings (SSSR count). The van der Waals surface area contributed by atoms with E-state index in [1.54, 1.807) is 0 Å². The van der Waals surface area contributed by atoms with Gasteiger partial charge in [-0.15, -0.1) is 0 Å². The summed E-state index contributed by atoms with van der Waals surface area (Å²) in [5.41, 5.74) is -3.59. The average Bonchev–Trinajstić information content (AvgIpc) is 3.03. The highest BCUT2D eigenvalue weighted by Crippen LogP contribution is 2.32. The number of alkyl halides is 6. The van der Waals surface area contributed by atoms with E-state index in [9.17, 15) is 35.9 Å². The zero-order valence-corrected chi connectivity index (χ0v) is 16.5. The minimum Gasteiger partial charge on any atom is -0.462 e. The molecule has 0 amide bonds. The Morgan fingerprint density at radius 1 is 0.938 bits per heavy atom. The first-order chi connectivity index (χ1) is 14.9. The van der Waals surface area contributed by atoms with E-state index in [0.717, 1.165) is 45.9 Å². The number of nitrogens with zero attached hydrogens (tertiary/aromatic N) is 2. The smallest absolute Gasteiger partial charge is 0.416 e. The predicted molar refractivity (Wildman–Crippen MR) is 102 cm³/mol. The molecular formula is C21H16F6N2O3. The van der Waals surface area contributed by atoms with Crippen molar-refractivity contribution in [3.8, 4) is 5.69 Å². The van der Waals surface area contributed by atoms with Crippen molar-refractivity contribution in [2.24, 2.45) is 0 Å². The van der Waals surface area contributed by atoms with Gasteiger partial charge in [0.15, 0.2) is 0 Å². The van der Waals surface area contributed by atoms with Gasteiger partial charge in [-0.05, 0) is 42.8 Å². The van der Waals surface area contributed by atoms with Crippen molar-refractivity contribution in [2.75, 3.05) is 6.61 Å². The molecule has 170 valence electrons. The van der Waals surface area contributed by atoms with Crippen LogP contribution in [0.25, 0.3) is 5.69 Å². The van der Waals surface area contributed by atoms with Crippen LogP contribution in [-0.2, 0) is 23.6 Å². The molecule has 0 spiro atoms. The molecule has 0 unspecified atom stereocenters. The molecule has 5 nitrogen and oxygen atoms in total. The van der Waals surface area contributed by atoms with Crippen molar-refractivity contribution in [3.63, 3.8) is 0 Å². The van der Waals surface area contributed by atoms with Crippen LogP contribution in [0.15, 0.2) is 59.5 Å². The van der Waals surface area contributed by atoms with Gasteiger partial charge in [0.1, 0.15) is 5.56 Å². The highest BCUT2D eigenvalue weighted by molar-refractivity contribution is 5.88. The normalized spacial score (nSPS) is 12.1. The van der Waals surface area contributed by atoms with Crippen LogP contribution in [0.5, 0.6) is 0 Å². The molecule has 0 saturated heterocycles. The van der Waals surface area contributed by atoms with Gasteiger partial charge in [-0.25, -0.2) is 9.48 Å². The fourth-order valence-electron chi connectivity index (χ4n) is 3.12. The molecule has 0 atom stereocenters. The third kappa shape index (κ3) is 4.71. The van der Waals surface area contributed by atoms with Gasteiger partial charge in [0.2, 0.25) is 0 Å². The van der Waals surface area contributed by atoms with Crippen LogP contribution in [0.4, 0.5) is 26.3 Å². The number of esters is 1. The first kappa shape index (κ1) is 23.2. The number of hydrogen-bond donors (Lipinski definition) is 0. The molecule has 0 aliphatic heterocycles. The molecule has 0 aliphatic rings. The van der Waals surface area contributed by atoms with Gasteiger partial charge in [-0.2, -0.15) is 26.3 Å². The zero-order chi connectivity index (χ0) is 23.7. The first-order valence-electron chi connectivity index (χ1n) is 9.25. The van der Waals surface area contributed by atoms with Crippen LogP contribution in [-0.4, -0.2) is 21.9 Å². The molecule has 11 heteroatoms. The summed E-state index contributed by atoms with van der Waals surface area (Å²) in [6.45, 7) is 0.967. The van der Waals surface area contributed by atoms with E-state index in [1.165, 1.54) is 25.1 Å². The molecular weight excluding hydrogens is 442 g/mol. The van der Waals surface area contributed by atoms with Gasteiger partial charge >= 0.3 is 18.3 Å². The van der Waals surface area contributed by atoms with Crippen molar-refractivity contribution < 1.29 is 35.9 Å². The second-order valence-electron chi connectivity index (χ2n) is 6.68. The molecule has 0 N–H and O–H groups in total. The third-order valence-corrected chi connectivity index (χ3v) is 4.55. The van der Waals surface area contributed by atoms with E-state index in [4.69, 9.17) is 4.74 Å². The number of benzene rings is 2. The van der Waals surface area contributed by atoms with Crippen molar-refractivity contribution >= 4 is 5.97 Å². The zero-order valence-electron chi connectivity index (χ0n) is 16.5. The molecule has 0 saturated carbocycles. The summed E-state index contributed by atoms with van der Waals surface area (Å²) in [5, 5.41) is 0. The fourth-order valence-corrected chi connectivity index (χ4v) is 3.12. The maximum absolute atomic E-state index is 13.4. The average molecular weight is 458 g/mol. The summed E-state index contributed by atoms with van der Waals surface area (Å²) in [4.78, 5) is 25.0. The number of carbonyl (C=O) groups excluding carboxylic acids is 1. The van der Waals surface area contributed by atoms with Gasteiger partial charge < -0.3 is 4.74 Å². The van der Waals surface area contributed by atoms with Gasteiger partial charge in [0, 0.05) is 6.20 Å². The molecule has 0 aliphatic carbocycles. The number of hydrogen-bond acceptors (Lipinski definition) is 3. The van der Waals surface area contributed by atoms with E-state index < -0.39 is 47.1 Å². The topological polar surface area (TPSA) is 53.2 Å². The van der Waals surface area contributed by atoms with E-state index in [2.05, 4.69) is 0 Å². The minimum atomic E-state index is -4.67. The number of halogens is 6. The molecule has 3 aromatic rings. The molecule has 0 radical (unpaired) electrons.